The van der Waals surface area contributed by atoms with Crippen LogP contribution in [0.1, 0.15) is 12.0 Å². The van der Waals surface area contributed by atoms with Gasteiger partial charge in [0.15, 0.2) is 0 Å². The normalized spacial score (nSPS) is 16.5. The van der Waals surface area contributed by atoms with Crippen molar-refractivity contribution in [1.29, 1.82) is 0 Å². The average Bonchev–Trinajstić information content (AvgIpc) is 2.15. The van der Waals surface area contributed by atoms with E-state index < -0.39 is 12.2 Å². The van der Waals surface area contributed by atoms with Crippen LogP contribution in [0, 0.1) is 0 Å². The molecule has 0 saturated heterocycles. The summed E-state index contributed by atoms with van der Waals surface area (Å²) in [7, 11) is 0. The number of amides is 1. The summed E-state index contributed by atoms with van der Waals surface area (Å²) in [6.45, 7) is 0. The minimum absolute atomic E-state index is 0.0405. The van der Waals surface area contributed by atoms with Gasteiger partial charge in [0.25, 0.3) is 0 Å². The monoisotopic (exact) mass is 215 g/mol. The summed E-state index contributed by atoms with van der Waals surface area (Å²) in [4.78, 5) is 11.1. The molecule has 0 radical (unpaired) electrons. The molecule has 1 amide bonds. The van der Waals surface area contributed by atoms with Crippen LogP contribution in [-0.2, 0) is 11.2 Å². The number of fused-ring (bicyclic) bond motifs is 1. The maximum Gasteiger partial charge on any atom is 0.491 e. The van der Waals surface area contributed by atoms with Crippen molar-refractivity contribution in [3.8, 4) is 0 Å². The van der Waals surface area contributed by atoms with E-state index in [-0.39, 0.29) is 17.0 Å². The highest BCUT2D eigenvalue weighted by Crippen LogP contribution is 2.35. The summed E-state index contributed by atoms with van der Waals surface area (Å²) in [5.41, 5.74) is 0.524. The summed E-state index contributed by atoms with van der Waals surface area (Å²) in [6, 6.07) is 6.10. The van der Waals surface area contributed by atoms with Gasteiger partial charge in [-0.2, -0.15) is 0 Å². The largest absolute Gasteiger partial charge is 0.491 e. The molecule has 0 aliphatic carbocycles. The van der Waals surface area contributed by atoms with Crippen molar-refractivity contribution in [2.75, 3.05) is 4.90 Å². The number of carbonyl (C=O) groups excluding carboxylic acids is 1. The van der Waals surface area contributed by atoms with Crippen molar-refractivity contribution >= 4 is 11.6 Å². The maximum absolute atomic E-state index is 12.6. The Kier molecular flexibility index (Phi) is 2.17. The maximum atomic E-state index is 12.6. The Morgan fingerprint density at radius 2 is 1.80 bits per heavy atom. The lowest BCUT2D eigenvalue weighted by atomic mass is 10.0. The van der Waals surface area contributed by atoms with Gasteiger partial charge >= 0.3 is 6.30 Å². The number of carbonyl (C=O) groups is 1. The molecule has 0 spiro atoms. The number of aryl methyl sites for hydroxylation is 1. The molecular formula is C10H8F3NO. The smallest absolute Gasteiger partial charge is 0.274 e. The molecule has 1 heterocycles. The lowest BCUT2D eigenvalue weighted by Crippen LogP contribution is -2.45. The van der Waals surface area contributed by atoms with Gasteiger partial charge in [-0.05, 0) is 18.1 Å². The van der Waals surface area contributed by atoms with Crippen LogP contribution < -0.4 is 4.90 Å². The number of nitrogens with zero attached hydrogens (tertiary/aromatic N) is 1. The molecule has 80 valence electrons. The van der Waals surface area contributed by atoms with Crippen LogP contribution in [-0.4, -0.2) is 12.2 Å². The Hall–Kier alpha value is -1.52. The molecule has 1 aromatic rings. The molecule has 2 nitrogen and oxygen atoms in total. The number of halogens is 3. The van der Waals surface area contributed by atoms with Crippen molar-refractivity contribution < 1.29 is 18.0 Å². The fourth-order valence-electron chi connectivity index (χ4n) is 1.71. The van der Waals surface area contributed by atoms with Gasteiger partial charge in [0.1, 0.15) is 0 Å². The lowest BCUT2D eigenvalue weighted by molar-refractivity contribution is -0.150. The van der Waals surface area contributed by atoms with Crippen LogP contribution in [0.5, 0.6) is 0 Å². The van der Waals surface area contributed by atoms with Gasteiger partial charge in [-0.3, -0.25) is 4.79 Å². The highest BCUT2D eigenvalue weighted by atomic mass is 19.4. The zero-order valence-corrected chi connectivity index (χ0v) is 7.71. The molecule has 5 heteroatoms. The first-order valence-corrected chi connectivity index (χ1v) is 4.48. The first-order valence-electron chi connectivity index (χ1n) is 4.48. The second kappa shape index (κ2) is 3.25. The van der Waals surface area contributed by atoms with Gasteiger partial charge in [0, 0.05) is 6.42 Å². The van der Waals surface area contributed by atoms with Gasteiger partial charge in [-0.15, -0.1) is 13.2 Å². The lowest BCUT2D eigenvalue weighted by Gasteiger charge is -2.30. The molecule has 15 heavy (non-hydrogen) atoms. The van der Waals surface area contributed by atoms with Crippen molar-refractivity contribution in [1.82, 2.24) is 0 Å². The van der Waals surface area contributed by atoms with Crippen molar-refractivity contribution in [2.45, 2.75) is 19.1 Å². The van der Waals surface area contributed by atoms with Crippen LogP contribution in [0.2, 0.25) is 0 Å². The van der Waals surface area contributed by atoms with Gasteiger partial charge in [-0.25, -0.2) is 4.90 Å². The van der Waals surface area contributed by atoms with Gasteiger partial charge < -0.3 is 0 Å². The summed E-state index contributed by atoms with van der Waals surface area (Å²) in [5.74, 6) is -0.888. The number of alkyl halides is 3. The molecule has 0 aromatic heterocycles. The highest BCUT2D eigenvalue weighted by Gasteiger charge is 2.44. The second-order valence-corrected chi connectivity index (χ2v) is 3.33. The van der Waals surface area contributed by atoms with Crippen molar-refractivity contribution in [2.24, 2.45) is 0 Å². The quantitative estimate of drug-likeness (QED) is 0.609. The number of rotatable bonds is 0. The Bertz CT molecular complexity index is 400. The molecule has 1 aromatic carbocycles. The standard InChI is InChI=1S/C10H8F3NO/c11-10(12,13)14-8-4-2-1-3-7(8)5-6-9(14)15/h1-4H,5-6H2. The van der Waals surface area contributed by atoms with E-state index in [1.54, 1.807) is 12.1 Å². The molecule has 1 aliphatic rings. The molecule has 0 N–H and O–H groups in total. The van der Waals surface area contributed by atoms with Crippen LogP contribution in [0.25, 0.3) is 0 Å². The molecule has 0 saturated carbocycles. The molecule has 0 atom stereocenters. The molecule has 2 rings (SSSR count). The fraction of sp³-hybridized carbons (Fsp3) is 0.300. The fourth-order valence-corrected chi connectivity index (χ4v) is 1.71. The Balaban J connectivity index is 2.51. The summed E-state index contributed by atoms with van der Waals surface area (Å²) >= 11 is 0. The Labute approximate surface area is 84.3 Å². The first kappa shape index (κ1) is 10.0. The first-order chi connectivity index (χ1) is 7.00. The van der Waals surface area contributed by atoms with E-state index in [2.05, 4.69) is 0 Å². The van der Waals surface area contributed by atoms with Crippen LogP contribution in [0.3, 0.4) is 0 Å². The molecule has 0 bridgehead atoms. The predicted molar refractivity (Wildman–Crippen MR) is 48.3 cm³/mol. The van der Waals surface area contributed by atoms with E-state index >= 15 is 0 Å². The number of hydrogen-bond acceptors (Lipinski definition) is 1. The minimum Gasteiger partial charge on any atom is -0.274 e. The Morgan fingerprint density at radius 1 is 1.13 bits per heavy atom. The third-order valence-corrected chi connectivity index (χ3v) is 2.34. The minimum atomic E-state index is -4.63. The number of benzene rings is 1. The van der Waals surface area contributed by atoms with E-state index in [1.165, 1.54) is 12.1 Å². The van der Waals surface area contributed by atoms with Crippen LogP contribution >= 0.6 is 0 Å². The van der Waals surface area contributed by atoms with Gasteiger partial charge in [-0.1, -0.05) is 18.2 Å². The third-order valence-electron chi connectivity index (χ3n) is 2.34. The van der Waals surface area contributed by atoms with Gasteiger partial charge in [0.2, 0.25) is 5.91 Å². The Morgan fingerprint density at radius 3 is 2.47 bits per heavy atom. The zero-order chi connectivity index (χ0) is 11.1. The predicted octanol–water partition coefficient (Wildman–Crippen LogP) is 2.49. The zero-order valence-electron chi connectivity index (χ0n) is 7.71. The number of hydrogen-bond donors (Lipinski definition) is 0. The van der Waals surface area contributed by atoms with E-state index in [1.807, 2.05) is 0 Å². The molecule has 1 aliphatic heterocycles. The third kappa shape index (κ3) is 1.69. The van der Waals surface area contributed by atoms with Crippen LogP contribution in [0.4, 0.5) is 18.9 Å². The molecule has 0 fully saturated rings. The van der Waals surface area contributed by atoms with Crippen LogP contribution in [0.15, 0.2) is 24.3 Å². The summed E-state index contributed by atoms with van der Waals surface area (Å²) < 4.78 is 37.7. The van der Waals surface area contributed by atoms with E-state index in [0.717, 1.165) is 0 Å². The van der Waals surface area contributed by atoms with Crippen molar-refractivity contribution in [3.63, 3.8) is 0 Å². The average molecular weight is 215 g/mol. The number of para-hydroxylation sites is 1. The highest BCUT2D eigenvalue weighted by molar-refractivity contribution is 5.96. The van der Waals surface area contributed by atoms with E-state index in [0.29, 0.717) is 12.0 Å². The van der Waals surface area contributed by atoms with Gasteiger partial charge in [0.05, 0.1) is 5.69 Å². The SMILES string of the molecule is O=C1CCc2ccccc2N1C(F)(F)F. The topological polar surface area (TPSA) is 20.3 Å². The van der Waals surface area contributed by atoms with E-state index in [4.69, 9.17) is 0 Å². The van der Waals surface area contributed by atoms with Crippen molar-refractivity contribution in [3.05, 3.63) is 29.8 Å². The molecular weight excluding hydrogens is 207 g/mol. The molecule has 0 unspecified atom stereocenters. The second-order valence-electron chi connectivity index (χ2n) is 3.33. The summed E-state index contributed by atoms with van der Waals surface area (Å²) in [5, 5.41) is 0. The number of anilines is 1. The van der Waals surface area contributed by atoms with E-state index in [9.17, 15) is 18.0 Å². The summed E-state index contributed by atoms with van der Waals surface area (Å²) in [6.07, 6.45) is -4.34.